The van der Waals surface area contributed by atoms with Gasteiger partial charge >= 0.3 is 5.69 Å². The highest BCUT2D eigenvalue weighted by Gasteiger charge is 2.12. The van der Waals surface area contributed by atoms with E-state index in [-0.39, 0.29) is 11.6 Å². The molecular weight excluding hydrogens is 288 g/mol. The molecule has 0 radical (unpaired) electrons. The largest absolute Gasteiger partial charge is 0.330 e. The number of amides is 1. The molecule has 2 aromatic rings. The Labute approximate surface area is 126 Å². The third kappa shape index (κ3) is 3.99. The highest BCUT2D eigenvalue weighted by Crippen LogP contribution is 2.12. The lowest BCUT2D eigenvalue weighted by molar-refractivity contribution is -0.117. The van der Waals surface area contributed by atoms with Gasteiger partial charge in [0.2, 0.25) is 5.91 Å². The second-order valence-corrected chi connectivity index (χ2v) is 5.54. The van der Waals surface area contributed by atoms with Crippen molar-refractivity contribution < 1.29 is 4.79 Å². The van der Waals surface area contributed by atoms with E-state index in [1.807, 2.05) is 6.26 Å². The summed E-state index contributed by atoms with van der Waals surface area (Å²) in [5.41, 5.74) is 6.99. The molecule has 1 heterocycles. The van der Waals surface area contributed by atoms with Crippen LogP contribution in [0.15, 0.2) is 41.5 Å². The van der Waals surface area contributed by atoms with Gasteiger partial charge in [-0.05, 0) is 42.7 Å². The summed E-state index contributed by atoms with van der Waals surface area (Å²) < 4.78 is 1.48. The van der Waals surface area contributed by atoms with Gasteiger partial charge in [-0.25, -0.2) is 4.79 Å². The van der Waals surface area contributed by atoms with E-state index >= 15 is 0 Å². The smallest absolute Gasteiger partial charge is 0.325 e. The first-order chi connectivity index (χ1) is 10.1. The number of aromatic amines is 1. The Morgan fingerprint density at radius 1 is 1.43 bits per heavy atom. The van der Waals surface area contributed by atoms with Gasteiger partial charge in [0.05, 0.1) is 11.7 Å². The Bertz CT molecular complexity index is 647. The number of benzene rings is 1. The molecule has 6 nitrogen and oxygen atoms in total. The number of hydrogen-bond acceptors (Lipinski definition) is 4. The lowest BCUT2D eigenvalue weighted by Gasteiger charge is -2.12. The number of nitrogens with one attached hydrogen (secondary N) is 2. The van der Waals surface area contributed by atoms with Crippen molar-refractivity contribution in [3.05, 3.63) is 47.1 Å². The second kappa shape index (κ2) is 7.14. The molecule has 0 bridgehead atoms. The molecule has 112 valence electrons. The van der Waals surface area contributed by atoms with Gasteiger partial charge in [0.15, 0.2) is 0 Å². The summed E-state index contributed by atoms with van der Waals surface area (Å²) >= 11 is 1.66. The van der Waals surface area contributed by atoms with E-state index in [4.69, 9.17) is 5.73 Å². The number of anilines is 1. The molecule has 21 heavy (non-hydrogen) atoms. The van der Waals surface area contributed by atoms with E-state index in [9.17, 15) is 9.59 Å². The topological polar surface area (TPSA) is 92.9 Å². The van der Waals surface area contributed by atoms with Crippen LogP contribution in [0.25, 0.3) is 5.69 Å². The van der Waals surface area contributed by atoms with Crippen LogP contribution in [-0.4, -0.2) is 33.5 Å². The molecule has 0 saturated heterocycles. The van der Waals surface area contributed by atoms with E-state index in [1.54, 1.807) is 48.4 Å². The van der Waals surface area contributed by atoms with E-state index < -0.39 is 6.04 Å². The molecule has 1 atom stereocenters. The number of nitrogens with two attached hydrogens (primary N) is 1. The number of thioether (sulfide) groups is 1. The highest BCUT2D eigenvalue weighted by atomic mass is 32.2. The standard InChI is InChI=1S/C14H18N4O2S/c1-21-9-6-12(15)13(19)17-10-2-4-11(5-3-10)18-8-7-16-14(18)20/h2-5,7-8,12H,6,9,15H2,1H3,(H,16,20)(H,17,19)/t12-/m1/s1. The molecular formula is C14H18N4O2S. The van der Waals surface area contributed by atoms with Crippen molar-refractivity contribution in [2.45, 2.75) is 12.5 Å². The molecule has 1 aromatic heterocycles. The van der Waals surface area contributed by atoms with Gasteiger partial charge in [-0.3, -0.25) is 9.36 Å². The average Bonchev–Trinajstić information content (AvgIpc) is 2.91. The zero-order chi connectivity index (χ0) is 15.2. The van der Waals surface area contributed by atoms with Gasteiger partial charge in [0.25, 0.3) is 0 Å². The minimum Gasteiger partial charge on any atom is -0.325 e. The summed E-state index contributed by atoms with van der Waals surface area (Å²) in [6.07, 6.45) is 5.84. The van der Waals surface area contributed by atoms with Gasteiger partial charge in [-0.1, -0.05) is 0 Å². The maximum atomic E-state index is 11.9. The van der Waals surface area contributed by atoms with Crippen LogP contribution in [0.3, 0.4) is 0 Å². The van der Waals surface area contributed by atoms with Crippen molar-refractivity contribution in [3.8, 4) is 5.69 Å². The molecule has 1 aromatic carbocycles. The highest BCUT2D eigenvalue weighted by molar-refractivity contribution is 7.98. The fourth-order valence-corrected chi connectivity index (χ4v) is 2.33. The Kier molecular flexibility index (Phi) is 5.24. The van der Waals surface area contributed by atoms with Crippen LogP contribution in [-0.2, 0) is 4.79 Å². The second-order valence-electron chi connectivity index (χ2n) is 4.56. The first-order valence-corrected chi connectivity index (χ1v) is 7.93. The van der Waals surface area contributed by atoms with Gasteiger partial charge < -0.3 is 16.0 Å². The van der Waals surface area contributed by atoms with Crippen molar-refractivity contribution in [2.24, 2.45) is 5.73 Å². The molecule has 7 heteroatoms. The number of aromatic nitrogens is 2. The van der Waals surface area contributed by atoms with Crippen molar-refractivity contribution in [1.29, 1.82) is 0 Å². The lowest BCUT2D eigenvalue weighted by Crippen LogP contribution is -2.36. The Morgan fingerprint density at radius 3 is 2.71 bits per heavy atom. The summed E-state index contributed by atoms with van der Waals surface area (Å²) in [6.45, 7) is 0. The molecule has 0 aliphatic heterocycles. The molecule has 4 N–H and O–H groups in total. The number of nitrogens with zero attached hydrogens (tertiary/aromatic N) is 1. The summed E-state index contributed by atoms with van der Waals surface area (Å²) in [5, 5.41) is 2.77. The monoisotopic (exact) mass is 306 g/mol. The number of H-pyrrole nitrogens is 1. The summed E-state index contributed by atoms with van der Waals surface area (Å²) in [5.74, 6) is 0.653. The Hall–Kier alpha value is -1.99. The van der Waals surface area contributed by atoms with Gasteiger partial charge in [-0.2, -0.15) is 11.8 Å². The molecule has 0 aliphatic carbocycles. The summed E-state index contributed by atoms with van der Waals surface area (Å²) in [7, 11) is 0. The normalized spacial score (nSPS) is 12.1. The Balaban J connectivity index is 2.01. The number of imidazole rings is 1. The predicted octanol–water partition coefficient (Wildman–Crippen LogP) is 1.18. The maximum Gasteiger partial charge on any atom is 0.330 e. The maximum absolute atomic E-state index is 11.9. The number of carbonyl (C=O) groups is 1. The van der Waals surface area contributed by atoms with Gasteiger partial charge in [0.1, 0.15) is 0 Å². The van der Waals surface area contributed by atoms with Crippen molar-refractivity contribution in [1.82, 2.24) is 9.55 Å². The fraction of sp³-hybridized carbons (Fsp3) is 0.286. The Morgan fingerprint density at radius 2 is 2.14 bits per heavy atom. The SMILES string of the molecule is CSCC[C@@H](N)C(=O)Nc1ccc(-n2cc[nH]c2=O)cc1. The average molecular weight is 306 g/mol. The zero-order valence-corrected chi connectivity index (χ0v) is 12.5. The summed E-state index contributed by atoms with van der Waals surface area (Å²) in [6, 6.07) is 6.50. The number of hydrogen-bond donors (Lipinski definition) is 3. The quantitative estimate of drug-likeness (QED) is 0.747. The third-order valence-corrected chi connectivity index (χ3v) is 3.68. The van der Waals surface area contributed by atoms with Crippen LogP contribution in [0.1, 0.15) is 6.42 Å². The van der Waals surface area contributed by atoms with E-state index in [0.29, 0.717) is 12.1 Å². The van der Waals surface area contributed by atoms with Crippen LogP contribution < -0.4 is 16.7 Å². The van der Waals surface area contributed by atoms with E-state index in [0.717, 1.165) is 11.4 Å². The minimum atomic E-state index is -0.510. The first-order valence-electron chi connectivity index (χ1n) is 6.53. The van der Waals surface area contributed by atoms with Crippen LogP contribution in [0.5, 0.6) is 0 Å². The van der Waals surface area contributed by atoms with E-state index in [1.165, 1.54) is 4.57 Å². The van der Waals surface area contributed by atoms with Crippen LogP contribution in [0.4, 0.5) is 5.69 Å². The lowest BCUT2D eigenvalue weighted by atomic mass is 10.2. The van der Waals surface area contributed by atoms with Crippen molar-refractivity contribution >= 4 is 23.4 Å². The molecule has 1 amide bonds. The summed E-state index contributed by atoms with van der Waals surface area (Å²) in [4.78, 5) is 25.9. The molecule has 0 saturated carbocycles. The molecule has 0 fully saturated rings. The molecule has 0 spiro atoms. The van der Waals surface area contributed by atoms with Crippen molar-refractivity contribution in [3.63, 3.8) is 0 Å². The molecule has 0 aliphatic rings. The zero-order valence-electron chi connectivity index (χ0n) is 11.7. The van der Waals surface area contributed by atoms with Crippen LogP contribution in [0, 0.1) is 0 Å². The number of rotatable bonds is 6. The van der Waals surface area contributed by atoms with E-state index in [2.05, 4.69) is 10.3 Å². The van der Waals surface area contributed by atoms with Crippen LogP contribution in [0.2, 0.25) is 0 Å². The van der Waals surface area contributed by atoms with Crippen LogP contribution >= 0.6 is 11.8 Å². The number of carbonyl (C=O) groups excluding carboxylic acids is 1. The fourth-order valence-electron chi connectivity index (χ4n) is 1.84. The van der Waals surface area contributed by atoms with Crippen molar-refractivity contribution in [2.75, 3.05) is 17.3 Å². The molecule has 2 rings (SSSR count). The van der Waals surface area contributed by atoms with Gasteiger partial charge in [0, 0.05) is 18.1 Å². The third-order valence-electron chi connectivity index (χ3n) is 3.03. The first kappa shape index (κ1) is 15.4. The van der Waals surface area contributed by atoms with Gasteiger partial charge in [-0.15, -0.1) is 0 Å². The molecule has 0 unspecified atom stereocenters. The minimum absolute atomic E-state index is 0.199. The predicted molar refractivity (Wildman–Crippen MR) is 86.0 cm³/mol.